The maximum absolute atomic E-state index is 12.4. The van der Waals surface area contributed by atoms with Gasteiger partial charge in [0.2, 0.25) is 0 Å². The standard InChI is InChI=1S/C13H15ClN2O4/c1-2-8-3-7(4-11(14)15-8)12(18)16-6-9(17)5-10(16)13(19)20/h3-4,9-10,17H,2,5-6H2,1H3,(H,19,20)/t9-,10-/m1/s1. The third kappa shape index (κ3) is 2.91. The molecule has 108 valence electrons. The summed E-state index contributed by atoms with van der Waals surface area (Å²) < 4.78 is 0. The lowest BCUT2D eigenvalue weighted by atomic mass is 10.1. The van der Waals surface area contributed by atoms with E-state index in [0.29, 0.717) is 17.7 Å². The molecule has 0 spiro atoms. The van der Waals surface area contributed by atoms with Gasteiger partial charge in [-0.3, -0.25) is 4.79 Å². The van der Waals surface area contributed by atoms with E-state index in [1.807, 2.05) is 6.92 Å². The second-order valence-electron chi connectivity index (χ2n) is 4.72. The Morgan fingerprint density at radius 2 is 2.20 bits per heavy atom. The minimum Gasteiger partial charge on any atom is -0.480 e. The molecule has 1 aromatic heterocycles. The molecule has 1 aromatic rings. The molecule has 0 saturated carbocycles. The van der Waals surface area contributed by atoms with Crippen LogP contribution in [0.25, 0.3) is 0 Å². The van der Waals surface area contributed by atoms with Crippen LogP contribution in [0.15, 0.2) is 12.1 Å². The molecule has 1 aliphatic rings. The number of carboxylic acid groups (broad SMARTS) is 1. The normalized spacial score (nSPS) is 22.1. The highest BCUT2D eigenvalue weighted by atomic mass is 35.5. The summed E-state index contributed by atoms with van der Waals surface area (Å²) in [7, 11) is 0. The van der Waals surface area contributed by atoms with E-state index in [1.54, 1.807) is 6.07 Å². The average molecular weight is 299 g/mol. The van der Waals surface area contributed by atoms with Crippen LogP contribution in [-0.4, -0.2) is 50.7 Å². The van der Waals surface area contributed by atoms with Gasteiger partial charge in [-0.05, 0) is 18.6 Å². The Morgan fingerprint density at radius 3 is 2.80 bits per heavy atom. The van der Waals surface area contributed by atoms with E-state index in [-0.39, 0.29) is 18.1 Å². The first-order valence-corrected chi connectivity index (χ1v) is 6.68. The fourth-order valence-corrected chi connectivity index (χ4v) is 2.52. The van der Waals surface area contributed by atoms with Crippen molar-refractivity contribution in [3.05, 3.63) is 28.5 Å². The molecule has 7 heteroatoms. The molecule has 6 nitrogen and oxygen atoms in total. The molecule has 1 saturated heterocycles. The van der Waals surface area contributed by atoms with Crippen molar-refractivity contribution in [2.75, 3.05) is 6.54 Å². The number of carboxylic acids is 1. The van der Waals surface area contributed by atoms with Crippen molar-refractivity contribution in [2.24, 2.45) is 0 Å². The zero-order valence-corrected chi connectivity index (χ0v) is 11.7. The number of halogens is 1. The Balaban J connectivity index is 2.30. The zero-order valence-electron chi connectivity index (χ0n) is 10.9. The predicted molar refractivity (Wildman–Crippen MR) is 71.7 cm³/mol. The van der Waals surface area contributed by atoms with Crippen molar-refractivity contribution in [2.45, 2.75) is 31.9 Å². The number of hydrogen-bond donors (Lipinski definition) is 2. The van der Waals surface area contributed by atoms with Crippen LogP contribution in [0.5, 0.6) is 0 Å². The number of pyridine rings is 1. The highest BCUT2D eigenvalue weighted by Crippen LogP contribution is 2.22. The molecule has 0 aromatic carbocycles. The summed E-state index contributed by atoms with van der Waals surface area (Å²) in [6, 6.07) is 2.00. The van der Waals surface area contributed by atoms with Crippen molar-refractivity contribution >= 4 is 23.5 Å². The van der Waals surface area contributed by atoms with Crippen molar-refractivity contribution in [3.8, 4) is 0 Å². The van der Waals surface area contributed by atoms with Crippen LogP contribution < -0.4 is 0 Å². The molecule has 0 bridgehead atoms. The molecule has 0 aliphatic carbocycles. The van der Waals surface area contributed by atoms with Gasteiger partial charge < -0.3 is 15.1 Å². The Labute approximate surface area is 121 Å². The fraction of sp³-hybridized carbons (Fsp3) is 0.462. The van der Waals surface area contributed by atoms with E-state index in [9.17, 15) is 14.7 Å². The molecule has 2 rings (SSSR count). The molecule has 0 radical (unpaired) electrons. The van der Waals surface area contributed by atoms with Gasteiger partial charge in [0.1, 0.15) is 11.2 Å². The number of carbonyl (C=O) groups is 2. The number of rotatable bonds is 3. The maximum atomic E-state index is 12.4. The van der Waals surface area contributed by atoms with Crippen LogP contribution in [-0.2, 0) is 11.2 Å². The number of aromatic nitrogens is 1. The highest BCUT2D eigenvalue weighted by molar-refractivity contribution is 6.29. The maximum Gasteiger partial charge on any atom is 0.326 e. The number of β-amino-alcohol motifs (C(OH)–C–C–N with tert-alkyl or cyclic N) is 1. The van der Waals surface area contributed by atoms with Gasteiger partial charge in [-0.1, -0.05) is 18.5 Å². The zero-order chi connectivity index (χ0) is 14.9. The molecular weight excluding hydrogens is 284 g/mol. The molecule has 1 amide bonds. The summed E-state index contributed by atoms with van der Waals surface area (Å²) >= 11 is 5.86. The first-order chi connectivity index (χ1) is 9.42. The Kier molecular flexibility index (Phi) is 4.25. The van der Waals surface area contributed by atoms with Crippen LogP contribution in [0.3, 0.4) is 0 Å². The molecule has 0 unspecified atom stereocenters. The van der Waals surface area contributed by atoms with Gasteiger partial charge in [-0.15, -0.1) is 0 Å². The summed E-state index contributed by atoms with van der Waals surface area (Å²) in [5.41, 5.74) is 0.953. The highest BCUT2D eigenvalue weighted by Gasteiger charge is 2.39. The molecule has 1 fully saturated rings. The first-order valence-electron chi connectivity index (χ1n) is 6.30. The van der Waals surface area contributed by atoms with Gasteiger partial charge in [0.05, 0.1) is 6.10 Å². The third-order valence-corrected chi connectivity index (χ3v) is 3.47. The molecule has 2 N–H and O–H groups in total. The molecule has 2 heterocycles. The summed E-state index contributed by atoms with van der Waals surface area (Å²) in [4.78, 5) is 28.8. The second-order valence-corrected chi connectivity index (χ2v) is 5.11. The van der Waals surface area contributed by atoms with Crippen LogP contribution in [0.4, 0.5) is 0 Å². The monoisotopic (exact) mass is 298 g/mol. The lowest BCUT2D eigenvalue weighted by molar-refractivity contribution is -0.141. The van der Waals surface area contributed by atoms with Crippen molar-refractivity contribution in [3.63, 3.8) is 0 Å². The van der Waals surface area contributed by atoms with Crippen molar-refractivity contribution < 1.29 is 19.8 Å². The third-order valence-electron chi connectivity index (χ3n) is 3.28. The predicted octanol–water partition coefficient (Wildman–Crippen LogP) is 0.957. The summed E-state index contributed by atoms with van der Waals surface area (Å²) in [5, 5.41) is 18.9. The number of aryl methyl sites for hydroxylation is 1. The number of aliphatic hydroxyl groups is 1. The number of likely N-dealkylation sites (tertiary alicyclic amines) is 1. The number of carbonyl (C=O) groups excluding carboxylic acids is 1. The Hall–Kier alpha value is -1.66. The van der Waals surface area contributed by atoms with Gasteiger partial charge >= 0.3 is 5.97 Å². The Morgan fingerprint density at radius 1 is 1.50 bits per heavy atom. The molecular formula is C13H15ClN2O4. The van der Waals surface area contributed by atoms with Gasteiger partial charge in [0.25, 0.3) is 5.91 Å². The molecule has 1 aliphatic heterocycles. The SMILES string of the molecule is CCc1cc(C(=O)N2C[C@H](O)C[C@@H]2C(=O)O)cc(Cl)n1. The number of aliphatic hydroxyl groups excluding tert-OH is 1. The average Bonchev–Trinajstić information content (AvgIpc) is 2.79. The van der Waals surface area contributed by atoms with E-state index >= 15 is 0 Å². The quantitative estimate of drug-likeness (QED) is 0.811. The second kappa shape index (κ2) is 5.76. The lowest BCUT2D eigenvalue weighted by Gasteiger charge is -2.21. The van der Waals surface area contributed by atoms with Crippen LogP contribution in [0.2, 0.25) is 5.15 Å². The molecule has 2 atom stereocenters. The largest absolute Gasteiger partial charge is 0.480 e. The van der Waals surface area contributed by atoms with E-state index in [1.165, 1.54) is 6.07 Å². The lowest BCUT2D eigenvalue weighted by Crippen LogP contribution is -2.40. The summed E-state index contributed by atoms with van der Waals surface area (Å²) in [6.07, 6.45) is -0.158. The fourth-order valence-electron chi connectivity index (χ4n) is 2.29. The van der Waals surface area contributed by atoms with E-state index in [0.717, 1.165) is 4.90 Å². The van der Waals surface area contributed by atoms with Crippen LogP contribution >= 0.6 is 11.6 Å². The van der Waals surface area contributed by atoms with Gasteiger partial charge in [0, 0.05) is 24.2 Å². The Bertz CT molecular complexity index is 549. The summed E-state index contributed by atoms with van der Waals surface area (Å²) in [6.45, 7) is 1.89. The minimum absolute atomic E-state index is 0.0111. The minimum atomic E-state index is -1.12. The van der Waals surface area contributed by atoms with Gasteiger partial charge in [-0.25, -0.2) is 9.78 Å². The molecule has 20 heavy (non-hydrogen) atoms. The first kappa shape index (κ1) is 14.7. The smallest absolute Gasteiger partial charge is 0.326 e. The van der Waals surface area contributed by atoms with Crippen LogP contribution in [0.1, 0.15) is 29.4 Å². The van der Waals surface area contributed by atoms with Crippen molar-refractivity contribution in [1.29, 1.82) is 0 Å². The topological polar surface area (TPSA) is 90.7 Å². The number of nitrogens with zero attached hydrogens (tertiary/aromatic N) is 2. The van der Waals surface area contributed by atoms with E-state index in [4.69, 9.17) is 16.7 Å². The summed E-state index contributed by atoms with van der Waals surface area (Å²) in [5.74, 6) is -1.57. The van der Waals surface area contributed by atoms with Gasteiger partial charge in [-0.2, -0.15) is 0 Å². The number of amides is 1. The van der Waals surface area contributed by atoms with Gasteiger partial charge in [0.15, 0.2) is 0 Å². The van der Waals surface area contributed by atoms with E-state index in [2.05, 4.69) is 4.98 Å². The van der Waals surface area contributed by atoms with Crippen LogP contribution in [0, 0.1) is 0 Å². The number of hydrogen-bond acceptors (Lipinski definition) is 4. The van der Waals surface area contributed by atoms with Crippen molar-refractivity contribution in [1.82, 2.24) is 9.88 Å². The van der Waals surface area contributed by atoms with E-state index < -0.39 is 24.0 Å². The number of aliphatic carboxylic acids is 1.